The molecule has 0 aromatic rings. The lowest BCUT2D eigenvalue weighted by Gasteiger charge is -2.15. The third kappa shape index (κ3) is 6.28. The molecule has 0 spiro atoms. The maximum absolute atomic E-state index is 11.2. The summed E-state index contributed by atoms with van der Waals surface area (Å²) in [5.74, 6) is -0.290. The van der Waals surface area contributed by atoms with Crippen molar-refractivity contribution in [1.82, 2.24) is 10.2 Å². The molecule has 0 aliphatic heterocycles. The molecular weight excluding hydrogens is 182 g/mol. The van der Waals surface area contributed by atoms with Crippen molar-refractivity contribution in [2.75, 3.05) is 20.1 Å². The standard InChI is InChI=1S/C9H19N3O2/c1-3-12(2)9(14)11-7-5-4-6-8(10)13/h3-7H2,1-2H3,(H2,10,13)(H,11,14). The van der Waals surface area contributed by atoms with E-state index in [4.69, 9.17) is 5.73 Å². The number of primary amides is 1. The number of unbranched alkanes of at least 4 members (excludes halogenated alkanes) is 1. The SMILES string of the molecule is CCN(C)C(=O)NCCCCC(N)=O. The second kappa shape index (κ2) is 7.17. The monoisotopic (exact) mass is 201 g/mol. The fraction of sp³-hybridized carbons (Fsp3) is 0.778. The van der Waals surface area contributed by atoms with Crippen molar-refractivity contribution in [2.45, 2.75) is 26.2 Å². The minimum atomic E-state index is -0.290. The largest absolute Gasteiger partial charge is 0.370 e. The molecule has 0 saturated heterocycles. The van der Waals surface area contributed by atoms with Crippen LogP contribution in [0.15, 0.2) is 0 Å². The third-order valence-electron chi connectivity index (χ3n) is 1.95. The van der Waals surface area contributed by atoms with Gasteiger partial charge in [-0.25, -0.2) is 4.79 Å². The Morgan fingerprint density at radius 3 is 2.50 bits per heavy atom. The van der Waals surface area contributed by atoms with Crippen LogP contribution in [0.2, 0.25) is 0 Å². The molecule has 0 aromatic carbocycles. The van der Waals surface area contributed by atoms with E-state index in [1.165, 1.54) is 0 Å². The summed E-state index contributed by atoms with van der Waals surface area (Å²) in [4.78, 5) is 23.2. The summed E-state index contributed by atoms with van der Waals surface area (Å²) in [6.07, 6.45) is 1.90. The van der Waals surface area contributed by atoms with Crippen molar-refractivity contribution < 1.29 is 9.59 Å². The van der Waals surface area contributed by atoms with Crippen LogP contribution in [0.3, 0.4) is 0 Å². The Bertz CT molecular complexity index is 194. The Morgan fingerprint density at radius 1 is 1.36 bits per heavy atom. The van der Waals surface area contributed by atoms with Gasteiger partial charge in [0.15, 0.2) is 0 Å². The average molecular weight is 201 g/mol. The molecule has 0 aromatic heterocycles. The molecule has 0 rings (SSSR count). The highest BCUT2D eigenvalue weighted by molar-refractivity contribution is 5.74. The van der Waals surface area contributed by atoms with Crippen LogP contribution in [0.25, 0.3) is 0 Å². The number of urea groups is 1. The first-order chi connectivity index (χ1) is 6.57. The molecule has 82 valence electrons. The van der Waals surface area contributed by atoms with Gasteiger partial charge in [0.05, 0.1) is 0 Å². The normalized spacial score (nSPS) is 9.57. The Balaban J connectivity index is 3.36. The number of nitrogens with one attached hydrogen (secondary N) is 1. The minimum Gasteiger partial charge on any atom is -0.370 e. The molecule has 0 fully saturated rings. The fourth-order valence-corrected chi connectivity index (χ4v) is 0.898. The molecule has 0 atom stereocenters. The van der Waals surface area contributed by atoms with Gasteiger partial charge in [0.2, 0.25) is 5.91 Å². The number of nitrogens with zero attached hydrogens (tertiary/aromatic N) is 1. The zero-order valence-electron chi connectivity index (χ0n) is 8.88. The molecule has 0 unspecified atom stereocenters. The van der Waals surface area contributed by atoms with Crippen molar-refractivity contribution >= 4 is 11.9 Å². The molecule has 3 amide bonds. The van der Waals surface area contributed by atoms with Gasteiger partial charge < -0.3 is 16.0 Å². The van der Waals surface area contributed by atoms with Crippen LogP contribution in [-0.2, 0) is 4.79 Å². The Morgan fingerprint density at radius 2 is 2.00 bits per heavy atom. The quantitative estimate of drug-likeness (QED) is 0.606. The van der Waals surface area contributed by atoms with Gasteiger partial charge in [0.1, 0.15) is 0 Å². The molecule has 0 aliphatic carbocycles. The number of nitrogens with two attached hydrogens (primary N) is 1. The lowest BCUT2D eigenvalue weighted by Crippen LogP contribution is -2.37. The Labute approximate surface area is 84.6 Å². The van der Waals surface area contributed by atoms with Crippen molar-refractivity contribution in [1.29, 1.82) is 0 Å². The van der Waals surface area contributed by atoms with Crippen LogP contribution >= 0.6 is 0 Å². The van der Waals surface area contributed by atoms with Crippen molar-refractivity contribution in [3.05, 3.63) is 0 Å². The Hall–Kier alpha value is -1.26. The van der Waals surface area contributed by atoms with E-state index in [2.05, 4.69) is 5.32 Å². The molecule has 0 aliphatic rings. The van der Waals surface area contributed by atoms with Crippen LogP contribution in [-0.4, -0.2) is 37.0 Å². The number of carbonyl (C=O) groups is 2. The van der Waals surface area contributed by atoms with Crippen LogP contribution in [0.5, 0.6) is 0 Å². The fourth-order valence-electron chi connectivity index (χ4n) is 0.898. The van der Waals surface area contributed by atoms with Gasteiger partial charge in [-0.2, -0.15) is 0 Å². The molecule has 0 saturated carbocycles. The second-order valence-corrected chi connectivity index (χ2v) is 3.17. The number of rotatable bonds is 6. The summed E-state index contributed by atoms with van der Waals surface area (Å²) >= 11 is 0. The van der Waals surface area contributed by atoms with Gasteiger partial charge in [-0.05, 0) is 19.8 Å². The minimum absolute atomic E-state index is 0.0772. The zero-order valence-corrected chi connectivity index (χ0v) is 8.88. The highest BCUT2D eigenvalue weighted by atomic mass is 16.2. The Kier molecular flexibility index (Phi) is 6.53. The van der Waals surface area contributed by atoms with E-state index < -0.39 is 0 Å². The van der Waals surface area contributed by atoms with Gasteiger partial charge in [-0.1, -0.05) is 0 Å². The number of amides is 3. The first-order valence-electron chi connectivity index (χ1n) is 4.85. The van der Waals surface area contributed by atoms with Crippen molar-refractivity contribution in [3.63, 3.8) is 0 Å². The molecule has 14 heavy (non-hydrogen) atoms. The van der Waals surface area contributed by atoms with E-state index in [-0.39, 0.29) is 11.9 Å². The lowest BCUT2D eigenvalue weighted by atomic mass is 10.2. The van der Waals surface area contributed by atoms with E-state index in [9.17, 15) is 9.59 Å². The maximum atomic E-state index is 11.2. The molecule has 5 nitrogen and oxygen atoms in total. The van der Waals surface area contributed by atoms with E-state index in [0.717, 1.165) is 12.8 Å². The predicted molar refractivity (Wildman–Crippen MR) is 54.7 cm³/mol. The average Bonchev–Trinajstić information content (AvgIpc) is 2.15. The predicted octanol–water partition coefficient (Wildman–Crippen LogP) is 0.303. The second-order valence-electron chi connectivity index (χ2n) is 3.17. The van der Waals surface area contributed by atoms with E-state index in [1.807, 2.05) is 6.92 Å². The maximum Gasteiger partial charge on any atom is 0.317 e. The first-order valence-corrected chi connectivity index (χ1v) is 4.85. The smallest absolute Gasteiger partial charge is 0.317 e. The van der Waals surface area contributed by atoms with Gasteiger partial charge in [-0.15, -0.1) is 0 Å². The summed E-state index contributed by atoms with van der Waals surface area (Å²) in [6.45, 7) is 3.19. The highest BCUT2D eigenvalue weighted by Gasteiger charge is 2.03. The molecule has 0 bridgehead atoms. The van der Waals surface area contributed by atoms with E-state index >= 15 is 0 Å². The topological polar surface area (TPSA) is 75.4 Å². The van der Waals surface area contributed by atoms with Crippen LogP contribution in [0.4, 0.5) is 4.79 Å². The van der Waals surface area contributed by atoms with E-state index in [1.54, 1.807) is 11.9 Å². The molecule has 0 radical (unpaired) electrons. The summed E-state index contributed by atoms with van der Waals surface area (Å²) in [5, 5.41) is 2.74. The highest BCUT2D eigenvalue weighted by Crippen LogP contribution is 1.92. The lowest BCUT2D eigenvalue weighted by molar-refractivity contribution is -0.118. The summed E-state index contributed by atoms with van der Waals surface area (Å²) < 4.78 is 0. The van der Waals surface area contributed by atoms with Crippen LogP contribution < -0.4 is 11.1 Å². The molecular formula is C9H19N3O2. The van der Waals surface area contributed by atoms with Crippen LogP contribution in [0.1, 0.15) is 26.2 Å². The molecule has 5 heteroatoms. The number of hydrogen-bond acceptors (Lipinski definition) is 2. The molecule has 3 N–H and O–H groups in total. The number of carbonyl (C=O) groups excluding carboxylic acids is 2. The van der Waals surface area contributed by atoms with Gasteiger partial charge in [-0.3, -0.25) is 4.79 Å². The number of hydrogen-bond donors (Lipinski definition) is 2. The van der Waals surface area contributed by atoms with Gasteiger partial charge in [0.25, 0.3) is 0 Å². The summed E-state index contributed by atoms with van der Waals surface area (Å²) in [5.41, 5.74) is 4.97. The van der Waals surface area contributed by atoms with Crippen molar-refractivity contribution in [2.24, 2.45) is 5.73 Å². The van der Waals surface area contributed by atoms with Crippen molar-refractivity contribution in [3.8, 4) is 0 Å². The third-order valence-corrected chi connectivity index (χ3v) is 1.95. The summed E-state index contributed by atoms with van der Waals surface area (Å²) in [6, 6.07) is -0.0772. The zero-order chi connectivity index (χ0) is 11.0. The van der Waals surface area contributed by atoms with Gasteiger partial charge in [0, 0.05) is 26.6 Å². The molecule has 0 heterocycles. The van der Waals surface area contributed by atoms with E-state index in [0.29, 0.717) is 19.5 Å². The first kappa shape index (κ1) is 12.7. The van der Waals surface area contributed by atoms with Crippen LogP contribution in [0, 0.1) is 0 Å². The van der Waals surface area contributed by atoms with Gasteiger partial charge >= 0.3 is 6.03 Å². The summed E-state index contributed by atoms with van der Waals surface area (Å²) in [7, 11) is 1.73.